The zero-order valence-corrected chi connectivity index (χ0v) is 14.5. The van der Waals surface area contributed by atoms with Crippen molar-refractivity contribution in [1.82, 2.24) is 10.5 Å². The lowest BCUT2D eigenvalue weighted by molar-refractivity contribution is 0.0880. The SMILES string of the molecule is O=C(NC[C@H](O)c1ccc2ccccc2c1)c1cc(-c2ccccc2)no1. The summed E-state index contributed by atoms with van der Waals surface area (Å²) in [6, 6.07) is 24.7. The zero-order chi connectivity index (χ0) is 18.6. The number of amides is 1. The van der Waals surface area contributed by atoms with Gasteiger partial charge in [0.2, 0.25) is 5.76 Å². The smallest absolute Gasteiger partial charge is 0.290 e. The number of nitrogens with one attached hydrogen (secondary N) is 1. The Morgan fingerprint density at radius 2 is 1.70 bits per heavy atom. The van der Waals surface area contributed by atoms with Crippen molar-refractivity contribution in [1.29, 1.82) is 0 Å². The van der Waals surface area contributed by atoms with Gasteiger partial charge in [-0.25, -0.2) is 0 Å². The first-order valence-electron chi connectivity index (χ1n) is 8.68. The van der Waals surface area contributed by atoms with Gasteiger partial charge in [0, 0.05) is 18.2 Å². The Morgan fingerprint density at radius 3 is 2.52 bits per heavy atom. The van der Waals surface area contributed by atoms with Crippen LogP contribution in [0, 0.1) is 0 Å². The number of aliphatic hydroxyl groups is 1. The van der Waals surface area contributed by atoms with Crippen LogP contribution in [0.5, 0.6) is 0 Å². The molecular formula is C22H18N2O3. The molecule has 0 aliphatic rings. The molecule has 4 rings (SSSR count). The molecule has 3 aromatic carbocycles. The van der Waals surface area contributed by atoms with E-state index in [0.717, 1.165) is 21.9 Å². The van der Waals surface area contributed by atoms with Crippen LogP contribution in [0.4, 0.5) is 0 Å². The number of aromatic nitrogens is 1. The molecule has 5 heteroatoms. The molecular weight excluding hydrogens is 340 g/mol. The fraction of sp³-hybridized carbons (Fsp3) is 0.0909. The molecule has 0 saturated heterocycles. The van der Waals surface area contributed by atoms with E-state index < -0.39 is 12.0 Å². The summed E-state index contributed by atoms with van der Waals surface area (Å²) in [6.07, 6.45) is -0.810. The molecule has 0 unspecified atom stereocenters. The average molecular weight is 358 g/mol. The first kappa shape index (κ1) is 17.0. The van der Waals surface area contributed by atoms with Crippen molar-refractivity contribution >= 4 is 16.7 Å². The number of carbonyl (C=O) groups is 1. The van der Waals surface area contributed by atoms with Gasteiger partial charge in [0.15, 0.2) is 0 Å². The Morgan fingerprint density at radius 1 is 0.963 bits per heavy atom. The second kappa shape index (κ2) is 7.43. The van der Waals surface area contributed by atoms with E-state index in [2.05, 4.69) is 10.5 Å². The standard InChI is InChI=1S/C22H18N2O3/c25-20(18-11-10-15-6-4-5-9-17(15)12-18)14-23-22(26)21-13-19(24-27-21)16-7-2-1-3-8-16/h1-13,20,25H,14H2,(H,23,26)/t20-/m0/s1. The molecule has 134 valence electrons. The van der Waals surface area contributed by atoms with Gasteiger partial charge in [0.05, 0.1) is 6.10 Å². The van der Waals surface area contributed by atoms with Crippen LogP contribution in [0.2, 0.25) is 0 Å². The number of carbonyl (C=O) groups excluding carboxylic acids is 1. The highest BCUT2D eigenvalue weighted by molar-refractivity contribution is 5.92. The molecule has 0 bridgehead atoms. The fourth-order valence-electron chi connectivity index (χ4n) is 2.94. The molecule has 27 heavy (non-hydrogen) atoms. The summed E-state index contributed by atoms with van der Waals surface area (Å²) in [5, 5.41) is 19.2. The maximum atomic E-state index is 12.3. The number of fused-ring (bicyclic) bond motifs is 1. The van der Waals surface area contributed by atoms with E-state index in [1.165, 1.54) is 0 Å². The van der Waals surface area contributed by atoms with Gasteiger partial charge in [-0.3, -0.25) is 4.79 Å². The lowest BCUT2D eigenvalue weighted by atomic mass is 10.0. The number of nitrogens with zero attached hydrogens (tertiary/aromatic N) is 1. The summed E-state index contributed by atoms with van der Waals surface area (Å²) < 4.78 is 5.13. The molecule has 4 aromatic rings. The monoisotopic (exact) mass is 358 g/mol. The minimum absolute atomic E-state index is 0.0819. The summed E-state index contributed by atoms with van der Waals surface area (Å²) in [6.45, 7) is 0.0819. The number of benzene rings is 3. The number of hydrogen-bond donors (Lipinski definition) is 2. The second-order valence-corrected chi connectivity index (χ2v) is 6.27. The molecule has 5 nitrogen and oxygen atoms in total. The molecule has 1 atom stereocenters. The normalized spacial score (nSPS) is 12.0. The van der Waals surface area contributed by atoms with Gasteiger partial charge >= 0.3 is 0 Å². The molecule has 0 radical (unpaired) electrons. The van der Waals surface area contributed by atoms with Crippen LogP contribution in [0.15, 0.2) is 83.4 Å². The van der Waals surface area contributed by atoms with Crippen molar-refractivity contribution in [2.75, 3.05) is 6.54 Å². The second-order valence-electron chi connectivity index (χ2n) is 6.27. The van der Waals surface area contributed by atoms with Crippen molar-refractivity contribution < 1.29 is 14.4 Å². The maximum absolute atomic E-state index is 12.3. The third kappa shape index (κ3) is 3.73. The third-order valence-electron chi connectivity index (χ3n) is 4.42. The van der Waals surface area contributed by atoms with Crippen LogP contribution in [0.25, 0.3) is 22.0 Å². The van der Waals surface area contributed by atoms with E-state index in [4.69, 9.17) is 4.52 Å². The van der Waals surface area contributed by atoms with Gasteiger partial charge in [-0.1, -0.05) is 71.9 Å². The van der Waals surface area contributed by atoms with Gasteiger partial charge in [-0.15, -0.1) is 0 Å². The number of hydrogen-bond acceptors (Lipinski definition) is 4. The number of aliphatic hydroxyl groups excluding tert-OH is 1. The van der Waals surface area contributed by atoms with Crippen molar-refractivity contribution in [3.63, 3.8) is 0 Å². The first-order valence-corrected chi connectivity index (χ1v) is 8.68. The van der Waals surface area contributed by atoms with Crippen molar-refractivity contribution in [2.45, 2.75) is 6.10 Å². The zero-order valence-electron chi connectivity index (χ0n) is 14.5. The quantitative estimate of drug-likeness (QED) is 0.566. The minimum Gasteiger partial charge on any atom is -0.387 e. The third-order valence-corrected chi connectivity index (χ3v) is 4.42. The summed E-state index contributed by atoms with van der Waals surface area (Å²) in [5.74, 6) is -0.302. The Hall–Kier alpha value is -3.44. The van der Waals surface area contributed by atoms with Crippen LogP contribution >= 0.6 is 0 Å². The lowest BCUT2D eigenvalue weighted by Crippen LogP contribution is -2.28. The lowest BCUT2D eigenvalue weighted by Gasteiger charge is -2.12. The van der Waals surface area contributed by atoms with E-state index in [1.807, 2.05) is 72.8 Å². The highest BCUT2D eigenvalue weighted by Gasteiger charge is 2.16. The van der Waals surface area contributed by atoms with Crippen LogP contribution in [-0.4, -0.2) is 22.7 Å². The van der Waals surface area contributed by atoms with Gasteiger partial charge in [0.1, 0.15) is 5.69 Å². The van der Waals surface area contributed by atoms with Crippen LogP contribution < -0.4 is 5.32 Å². The largest absolute Gasteiger partial charge is 0.387 e. The summed E-state index contributed by atoms with van der Waals surface area (Å²) in [4.78, 5) is 12.3. The predicted molar refractivity (Wildman–Crippen MR) is 103 cm³/mol. The van der Waals surface area contributed by atoms with Crippen molar-refractivity contribution in [3.8, 4) is 11.3 Å². The van der Waals surface area contributed by atoms with E-state index in [1.54, 1.807) is 6.07 Å². The van der Waals surface area contributed by atoms with Gasteiger partial charge in [0.25, 0.3) is 5.91 Å². The molecule has 2 N–H and O–H groups in total. The van der Waals surface area contributed by atoms with E-state index in [9.17, 15) is 9.90 Å². The van der Waals surface area contributed by atoms with Crippen LogP contribution in [0.1, 0.15) is 22.2 Å². The minimum atomic E-state index is -0.810. The Balaban J connectivity index is 1.42. The van der Waals surface area contributed by atoms with E-state index in [-0.39, 0.29) is 12.3 Å². The summed E-state index contributed by atoms with van der Waals surface area (Å²) >= 11 is 0. The first-order chi connectivity index (χ1) is 13.2. The average Bonchev–Trinajstić information content (AvgIpc) is 3.22. The molecule has 0 aliphatic carbocycles. The van der Waals surface area contributed by atoms with Crippen molar-refractivity contribution in [2.24, 2.45) is 0 Å². The highest BCUT2D eigenvalue weighted by atomic mass is 16.5. The number of rotatable bonds is 5. The van der Waals surface area contributed by atoms with Crippen molar-refractivity contribution in [3.05, 3.63) is 90.2 Å². The molecule has 1 aromatic heterocycles. The van der Waals surface area contributed by atoms with E-state index >= 15 is 0 Å². The Kier molecular flexibility index (Phi) is 4.68. The molecule has 0 aliphatic heterocycles. The fourth-order valence-corrected chi connectivity index (χ4v) is 2.94. The molecule has 1 amide bonds. The Labute approximate surface area is 156 Å². The molecule has 1 heterocycles. The molecule has 0 fully saturated rings. The van der Waals surface area contributed by atoms with Gasteiger partial charge < -0.3 is 14.9 Å². The van der Waals surface area contributed by atoms with Gasteiger partial charge in [-0.2, -0.15) is 0 Å². The topological polar surface area (TPSA) is 75.4 Å². The van der Waals surface area contributed by atoms with Crippen LogP contribution in [0.3, 0.4) is 0 Å². The predicted octanol–water partition coefficient (Wildman–Crippen LogP) is 3.96. The maximum Gasteiger partial charge on any atom is 0.290 e. The molecule has 0 saturated carbocycles. The molecule has 0 spiro atoms. The summed E-state index contributed by atoms with van der Waals surface area (Å²) in [7, 11) is 0. The highest BCUT2D eigenvalue weighted by Crippen LogP contribution is 2.21. The van der Waals surface area contributed by atoms with E-state index in [0.29, 0.717) is 5.69 Å². The van der Waals surface area contributed by atoms with Gasteiger partial charge in [-0.05, 0) is 22.4 Å². The summed E-state index contributed by atoms with van der Waals surface area (Å²) in [5.41, 5.74) is 2.21. The Bertz CT molecular complexity index is 1070. The van der Waals surface area contributed by atoms with Crippen LogP contribution in [-0.2, 0) is 0 Å².